The number of nitrogens with zero attached hydrogens (tertiary/aromatic N) is 2. The highest BCUT2D eigenvalue weighted by Crippen LogP contribution is 2.67. The van der Waals surface area contributed by atoms with Crippen LogP contribution in [0.2, 0.25) is 0 Å². The van der Waals surface area contributed by atoms with Gasteiger partial charge in [-0.2, -0.15) is 0 Å². The van der Waals surface area contributed by atoms with Gasteiger partial charge in [-0.3, -0.25) is 28.8 Å². The van der Waals surface area contributed by atoms with Crippen LogP contribution in [0.25, 0.3) is 0 Å². The van der Waals surface area contributed by atoms with Crippen LogP contribution >= 0.6 is 0 Å². The summed E-state index contributed by atoms with van der Waals surface area (Å²) in [7, 11) is 1.80. The van der Waals surface area contributed by atoms with Gasteiger partial charge in [-0.1, -0.05) is 122 Å². The first-order valence-corrected chi connectivity index (χ1v) is 31.5. The summed E-state index contributed by atoms with van der Waals surface area (Å²) in [5.41, 5.74) is 3.71. The van der Waals surface area contributed by atoms with E-state index in [0.29, 0.717) is 60.6 Å². The number of carbonyl (C=O) groups excluding carboxylic acids is 7. The van der Waals surface area contributed by atoms with Gasteiger partial charge in [0.15, 0.2) is 12.4 Å². The fourth-order valence-corrected chi connectivity index (χ4v) is 15.5. The third kappa shape index (κ3) is 15.5. The van der Waals surface area contributed by atoms with Crippen molar-refractivity contribution in [3.8, 4) is 5.75 Å². The SMILES string of the molecule is CC(C)CCC[C@@H](C)[C@H]1CC[C@H]2[C@@H]3CC=C4C[C@@H](OC(=O)[C@@H](CC(C)C)NC(=O)[C@H](Cc5ccccc5)NC(=O)CNC(=O)[C@@H](C)NC(=O)[C@H](Cc5ccc(O)cc5)NC(=O)[C@@H]5CCCN5C(=O)c5ccc[n+](C)c5)CC[C@]4(C)[C@H]3CC[C@]12C. The molecule has 3 aromatic rings. The summed E-state index contributed by atoms with van der Waals surface area (Å²) in [5, 5.41) is 23.7. The molecule has 1 saturated heterocycles. The van der Waals surface area contributed by atoms with E-state index in [4.69, 9.17) is 4.74 Å². The van der Waals surface area contributed by atoms with Gasteiger partial charge in [-0.15, -0.1) is 0 Å². The molecule has 8 rings (SSSR count). The van der Waals surface area contributed by atoms with Crippen LogP contribution in [0.1, 0.15) is 167 Å². The number of allylic oxidation sites excluding steroid dienone is 1. The van der Waals surface area contributed by atoms with Crippen molar-refractivity contribution in [1.29, 1.82) is 0 Å². The van der Waals surface area contributed by atoms with Gasteiger partial charge >= 0.3 is 5.97 Å². The molecule has 1 aliphatic heterocycles. The molecule has 4 fully saturated rings. The average Bonchev–Trinajstić information content (AvgIpc) is 1.99. The number of aromatic hydroxyl groups is 1. The predicted molar refractivity (Wildman–Crippen MR) is 322 cm³/mol. The Morgan fingerprint density at radius 2 is 1.43 bits per heavy atom. The minimum atomic E-state index is -1.19. The Balaban J connectivity index is 0.864. The van der Waals surface area contributed by atoms with Gasteiger partial charge in [-0.05, 0) is 153 Å². The number of ether oxygens (including phenoxy) is 1. The topological polar surface area (TPSA) is 216 Å². The normalized spacial score (nSPS) is 26.2. The standard InChI is InChI=1S/C68H95N7O9/c1-42(2)16-13-17-44(5)53-28-29-54-52-27-24-49-39-51(30-32-67(49,7)55(52)31-33-68(53,54)8)84-66(83)58(36-43(3)4)73-63(80)56(37-46-18-11-10-12-19-46)71-60(77)40-69-61(78)45(6)70-62(79)57(38-47-22-25-50(76)26-23-47)72-64(81)59-21-15-35-75(59)65(82)48-20-14-34-74(9)41-48/h10-12,14,18-20,22-26,34,41-45,51-59H,13,15-17,21,27-33,35-40H2,1-9H3,(H5-,69,70,71,72,73,76,77,78,79,80,81)/p+1/t44-,45-,51+,52+,53-,54+,55+,56+,57+,58-,59+,67+,68-/m1/s1. The van der Waals surface area contributed by atoms with Crippen LogP contribution in [-0.4, -0.2) is 101 Å². The molecule has 5 aliphatic rings. The molecule has 0 radical (unpaired) electrons. The number of amides is 6. The third-order valence-corrected chi connectivity index (χ3v) is 20.0. The lowest BCUT2D eigenvalue weighted by molar-refractivity contribution is -0.671. The lowest BCUT2D eigenvalue weighted by Gasteiger charge is -2.58. The van der Waals surface area contributed by atoms with Crippen LogP contribution in [0.3, 0.4) is 0 Å². The number of nitrogens with one attached hydrogen (secondary N) is 5. The number of fused-ring (bicyclic) bond motifs is 5. The molecule has 0 unspecified atom stereocenters. The number of phenolic OH excluding ortho intramolecular Hbond substituents is 1. The first kappa shape index (κ1) is 63.4. The highest BCUT2D eigenvalue weighted by molar-refractivity contribution is 5.99. The number of aryl methyl sites for hydroxylation is 1. The molecule has 456 valence electrons. The summed E-state index contributed by atoms with van der Waals surface area (Å²) < 4.78 is 8.12. The lowest BCUT2D eigenvalue weighted by Crippen LogP contribution is -2.57. The first-order valence-electron chi connectivity index (χ1n) is 31.5. The molecule has 0 spiro atoms. The lowest BCUT2D eigenvalue weighted by atomic mass is 9.47. The Labute approximate surface area is 498 Å². The summed E-state index contributed by atoms with van der Waals surface area (Å²) in [4.78, 5) is 99.1. The van der Waals surface area contributed by atoms with Crippen molar-refractivity contribution in [2.24, 2.45) is 59.3 Å². The van der Waals surface area contributed by atoms with Crippen molar-refractivity contribution in [1.82, 2.24) is 31.5 Å². The first-order chi connectivity index (χ1) is 40.0. The average molecular weight is 1160 g/mol. The molecule has 13 atom stereocenters. The van der Waals surface area contributed by atoms with Crippen LogP contribution in [0, 0.1) is 52.3 Å². The number of hydrogen-bond acceptors (Lipinski definition) is 9. The molecule has 2 heterocycles. The fraction of sp³-hybridized carbons (Fsp3) is 0.618. The van der Waals surface area contributed by atoms with Gasteiger partial charge < -0.3 is 41.3 Å². The molecule has 6 amide bonds. The molecule has 3 saturated carbocycles. The number of aromatic nitrogens is 1. The maximum absolute atomic E-state index is 14.4. The number of carbonyl (C=O) groups is 7. The van der Waals surface area contributed by atoms with E-state index in [1.165, 1.54) is 74.5 Å². The Bertz CT molecular complexity index is 2840. The van der Waals surface area contributed by atoms with Crippen LogP contribution < -0.4 is 31.2 Å². The molecule has 84 heavy (non-hydrogen) atoms. The van der Waals surface area contributed by atoms with Crippen molar-refractivity contribution >= 4 is 41.4 Å². The van der Waals surface area contributed by atoms with Crippen LogP contribution in [0.5, 0.6) is 5.75 Å². The minimum absolute atomic E-state index is 0.00236. The number of phenols is 1. The maximum atomic E-state index is 14.4. The number of hydrogen-bond donors (Lipinski definition) is 6. The summed E-state index contributed by atoms with van der Waals surface area (Å²) in [5.74, 6) is 0.498. The summed E-state index contributed by atoms with van der Waals surface area (Å²) in [6.07, 6.45) is 19.8. The second-order valence-corrected chi connectivity index (χ2v) is 26.9. The van der Waals surface area contributed by atoms with E-state index in [9.17, 15) is 38.7 Å². The Morgan fingerprint density at radius 1 is 0.726 bits per heavy atom. The van der Waals surface area contributed by atoms with E-state index in [0.717, 1.165) is 48.5 Å². The van der Waals surface area contributed by atoms with Crippen LogP contribution in [0.4, 0.5) is 0 Å². The third-order valence-electron chi connectivity index (χ3n) is 20.0. The number of esters is 1. The van der Waals surface area contributed by atoms with E-state index >= 15 is 0 Å². The van der Waals surface area contributed by atoms with Crippen LogP contribution in [0.15, 0.2) is 90.8 Å². The van der Waals surface area contributed by atoms with Crippen molar-refractivity contribution in [2.45, 2.75) is 194 Å². The highest BCUT2D eigenvalue weighted by Gasteiger charge is 2.59. The van der Waals surface area contributed by atoms with Gasteiger partial charge in [0.25, 0.3) is 5.91 Å². The van der Waals surface area contributed by atoms with E-state index < -0.39 is 72.3 Å². The van der Waals surface area contributed by atoms with E-state index in [1.54, 1.807) is 48.3 Å². The van der Waals surface area contributed by atoms with Gasteiger partial charge in [0, 0.05) is 31.9 Å². The van der Waals surface area contributed by atoms with Crippen molar-refractivity contribution < 1.29 is 48.0 Å². The molecule has 6 N–H and O–H groups in total. The smallest absolute Gasteiger partial charge is 0.328 e. The summed E-state index contributed by atoms with van der Waals surface area (Å²) >= 11 is 0. The fourth-order valence-electron chi connectivity index (χ4n) is 15.5. The van der Waals surface area contributed by atoms with E-state index in [1.807, 2.05) is 44.2 Å². The highest BCUT2D eigenvalue weighted by atomic mass is 16.5. The van der Waals surface area contributed by atoms with Crippen molar-refractivity contribution in [2.75, 3.05) is 13.1 Å². The van der Waals surface area contributed by atoms with Gasteiger partial charge in [-0.25, -0.2) is 9.36 Å². The molecular formula is C68H96N7O9+. The molecule has 4 aliphatic carbocycles. The quantitative estimate of drug-likeness (QED) is 0.0288. The molecule has 16 nitrogen and oxygen atoms in total. The largest absolute Gasteiger partial charge is 0.508 e. The van der Waals surface area contributed by atoms with Crippen LogP contribution in [-0.2, 0) is 53.4 Å². The Hall–Kier alpha value is -6.58. The Kier molecular flexibility index (Phi) is 21.2. The number of pyridine rings is 1. The second kappa shape index (κ2) is 28.1. The van der Waals surface area contributed by atoms with Crippen molar-refractivity contribution in [3.05, 3.63) is 107 Å². The second-order valence-electron chi connectivity index (χ2n) is 26.9. The zero-order valence-electron chi connectivity index (χ0n) is 51.4. The van der Waals surface area contributed by atoms with E-state index in [2.05, 4.69) is 67.3 Å². The van der Waals surface area contributed by atoms with Gasteiger partial charge in [0.1, 0.15) is 54.7 Å². The number of rotatable bonds is 24. The van der Waals surface area contributed by atoms with Crippen molar-refractivity contribution in [3.63, 3.8) is 0 Å². The summed E-state index contributed by atoms with van der Waals surface area (Å²) in [6.45, 7) is 17.5. The molecule has 16 heteroatoms. The molecule has 2 aromatic carbocycles. The van der Waals surface area contributed by atoms with Gasteiger partial charge in [0.05, 0.1) is 6.54 Å². The zero-order valence-corrected chi connectivity index (χ0v) is 51.4. The zero-order chi connectivity index (χ0) is 60.5. The Morgan fingerprint density at radius 3 is 2.13 bits per heavy atom. The monoisotopic (exact) mass is 1150 g/mol. The predicted octanol–water partition coefficient (Wildman–Crippen LogP) is 8.38. The minimum Gasteiger partial charge on any atom is -0.508 e. The summed E-state index contributed by atoms with van der Waals surface area (Å²) in [6, 6.07) is 13.5. The number of likely N-dealkylation sites (tertiary alicyclic amines) is 1. The number of benzene rings is 2. The molecule has 1 aromatic heterocycles. The van der Waals surface area contributed by atoms with E-state index in [-0.39, 0.29) is 41.9 Å². The molecule has 0 bridgehead atoms. The maximum Gasteiger partial charge on any atom is 0.328 e. The van der Waals surface area contributed by atoms with Gasteiger partial charge in [0.2, 0.25) is 29.5 Å². The molecular weight excluding hydrogens is 1060 g/mol.